The first-order valence-electron chi connectivity index (χ1n) is 7.81. The summed E-state index contributed by atoms with van der Waals surface area (Å²) in [4.78, 5) is 0. The minimum atomic E-state index is 0.357. The van der Waals surface area contributed by atoms with Crippen LogP contribution in [0.2, 0.25) is 0 Å². The van der Waals surface area contributed by atoms with Crippen molar-refractivity contribution in [3.8, 4) is 5.75 Å². The van der Waals surface area contributed by atoms with E-state index in [1.54, 1.807) is 0 Å². The lowest BCUT2D eigenvalue weighted by Crippen LogP contribution is -2.56. The van der Waals surface area contributed by atoms with Gasteiger partial charge in [-0.3, -0.25) is 0 Å². The number of rotatable bonds is 1. The summed E-state index contributed by atoms with van der Waals surface area (Å²) in [6, 6.07) is 6.21. The first-order chi connectivity index (χ1) is 9.32. The third-order valence-electron chi connectivity index (χ3n) is 6.19. The molecule has 4 aliphatic rings. The van der Waals surface area contributed by atoms with Gasteiger partial charge in [-0.05, 0) is 94.3 Å². The van der Waals surface area contributed by atoms with Gasteiger partial charge >= 0.3 is 0 Å². The Kier molecular flexibility index (Phi) is 2.52. The third-order valence-corrected chi connectivity index (χ3v) is 6.82. The quantitative estimate of drug-likeness (QED) is 0.728. The fourth-order valence-electron chi connectivity index (χ4n) is 6.61. The van der Waals surface area contributed by atoms with Gasteiger partial charge in [-0.2, -0.15) is 0 Å². The Morgan fingerprint density at radius 3 is 2.25 bits per heavy atom. The Bertz CT molecular complexity index is 561. The van der Waals surface area contributed by atoms with Crippen molar-refractivity contribution in [3.63, 3.8) is 0 Å². The third kappa shape index (κ3) is 1.80. The summed E-state index contributed by atoms with van der Waals surface area (Å²) in [6.07, 6.45) is 8.31. The monoisotopic (exact) mass is 334 g/mol. The highest BCUT2D eigenvalue weighted by Crippen LogP contribution is 2.69. The first-order valence-corrected chi connectivity index (χ1v) is 8.60. The molecule has 0 saturated heterocycles. The fourth-order valence-corrected chi connectivity index (χ4v) is 6.99. The smallest absolute Gasteiger partial charge is 0.129 e. The SMILES string of the molecule is CC12CC3CC(C)(C1)CC(c1ccc(O)c(Br)c1)(C3)C2. The van der Waals surface area contributed by atoms with E-state index in [9.17, 15) is 5.11 Å². The molecule has 1 N–H and O–H groups in total. The van der Waals surface area contributed by atoms with E-state index >= 15 is 0 Å². The van der Waals surface area contributed by atoms with E-state index in [0.717, 1.165) is 10.4 Å². The Morgan fingerprint density at radius 1 is 1.05 bits per heavy atom. The maximum Gasteiger partial charge on any atom is 0.129 e. The molecule has 4 fully saturated rings. The van der Waals surface area contributed by atoms with Crippen LogP contribution in [0, 0.1) is 16.7 Å². The van der Waals surface area contributed by atoms with Crippen molar-refractivity contribution in [2.24, 2.45) is 16.7 Å². The molecule has 2 unspecified atom stereocenters. The summed E-state index contributed by atoms with van der Waals surface area (Å²) < 4.78 is 0.848. The van der Waals surface area contributed by atoms with Crippen LogP contribution in [0.15, 0.2) is 22.7 Å². The van der Waals surface area contributed by atoms with Crippen LogP contribution in [0.4, 0.5) is 0 Å². The molecule has 0 radical (unpaired) electrons. The molecule has 0 heterocycles. The van der Waals surface area contributed by atoms with Gasteiger partial charge in [-0.25, -0.2) is 0 Å². The van der Waals surface area contributed by atoms with Gasteiger partial charge in [0.25, 0.3) is 0 Å². The lowest BCUT2D eigenvalue weighted by atomic mass is 9.39. The molecule has 0 aromatic heterocycles. The zero-order chi connectivity index (χ0) is 14.2. The second kappa shape index (κ2) is 3.82. The summed E-state index contributed by atoms with van der Waals surface area (Å²) in [5, 5.41) is 9.78. The highest BCUT2D eigenvalue weighted by atomic mass is 79.9. The van der Waals surface area contributed by atoms with Crippen molar-refractivity contribution in [1.82, 2.24) is 0 Å². The number of benzene rings is 1. The van der Waals surface area contributed by atoms with Gasteiger partial charge in [0.2, 0.25) is 0 Å². The standard InChI is InChI=1S/C18H23BrO/c1-16-6-12-7-17(2,9-16)11-18(8-12,10-16)13-3-4-15(20)14(19)5-13/h3-5,12,20H,6-11H2,1-2H3. The first kappa shape index (κ1) is 13.2. The normalized spacial score (nSPS) is 45.9. The van der Waals surface area contributed by atoms with Gasteiger partial charge in [0.05, 0.1) is 4.47 Å². The van der Waals surface area contributed by atoms with Crippen LogP contribution in [0.3, 0.4) is 0 Å². The van der Waals surface area contributed by atoms with Crippen LogP contribution in [0.5, 0.6) is 5.75 Å². The van der Waals surface area contributed by atoms with Crippen LogP contribution < -0.4 is 0 Å². The largest absolute Gasteiger partial charge is 0.507 e. The van der Waals surface area contributed by atoms with E-state index in [1.165, 1.54) is 44.1 Å². The number of phenolic OH excluding ortho intramolecular Hbond substituents is 1. The lowest BCUT2D eigenvalue weighted by molar-refractivity contribution is -0.110. The minimum absolute atomic E-state index is 0.357. The van der Waals surface area contributed by atoms with Crippen LogP contribution in [0.25, 0.3) is 0 Å². The molecular formula is C18H23BrO. The van der Waals surface area contributed by atoms with Crippen molar-refractivity contribution in [2.75, 3.05) is 0 Å². The fraction of sp³-hybridized carbons (Fsp3) is 0.667. The zero-order valence-corrected chi connectivity index (χ0v) is 14.0. The Balaban J connectivity index is 1.82. The maximum atomic E-state index is 9.78. The number of hydrogen-bond acceptors (Lipinski definition) is 1. The summed E-state index contributed by atoms with van der Waals surface area (Å²) in [7, 11) is 0. The minimum Gasteiger partial charge on any atom is -0.507 e. The number of aromatic hydroxyl groups is 1. The van der Waals surface area contributed by atoms with Gasteiger partial charge in [0, 0.05) is 0 Å². The Hall–Kier alpha value is -0.500. The predicted octanol–water partition coefficient (Wildman–Crippen LogP) is 5.40. The second-order valence-corrected chi connectivity index (χ2v) is 9.43. The van der Waals surface area contributed by atoms with Crippen molar-refractivity contribution in [2.45, 2.75) is 57.8 Å². The van der Waals surface area contributed by atoms with Crippen LogP contribution in [-0.4, -0.2) is 5.11 Å². The van der Waals surface area contributed by atoms with Crippen molar-refractivity contribution >= 4 is 15.9 Å². The van der Waals surface area contributed by atoms with Crippen LogP contribution in [-0.2, 0) is 5.41 Å². The average molecular weight is 335 g/mol. The maximum absolute atomic E-state index is 9.78. The molecule has 1 aromatic rings. The molecule has 2 heteroatoms. The highest BCUT2D eigenvalue weighted by molar-refractivity contribution is 9.10. The van der Waals surface area contributed by atoms with Gasteiger partial charge in [0.1, 0.15) is 5.75 Å². The summed E-state index contributed by atoms with van der Waals surface area (Å²) in [5.74, 6) is 1.27. The highest BCUT2D eigenvalue weighted by Gasteiger charge is 2.60. The molecule has 108 valence electrons. The molecule has 1 nitrogen and oxygen atoms in total. The molecule has 0 amide bonds. The predicted molar refractivity (Wildman–Crippen MR) is 84.9 cm³/mol. The zero-order valence-electron chi connectivity index (χ0n) is 12.4. The van der Waals surface area contributed by atoms with E-state index in [1.807, 2.05) is 6.07 Å². The van der Waals surface area contributed by atoms with Gasteiger partial charge in [-0.1, -0.05) is 19.9 Å². The van der Waals surface area contributed by atoms with E-state index in [-0.39, 0.29) is 0 Å². The molecule has 5 rings (SSSR count). The molecule has 0 spiro atoms. The molecular weight excluding hydrogens is 312 g/mol. The van der Waals surface area contributed by atoms with Crippen LogP contribution in [0.1, 0.15) is 57.9 Å². The molecule has 0 aliphatic heterocycles. The second-order valence-electron chi connectivity index (χ2n) is 8.58. The molecule has 4 aliphatic carbocycles. The van der Waals surface area contributed by atoms with Crippen molar-refractivity contribution < 1.29 is 5.11 Å². The summed E-state index contributed by atoms with van der Waals surface area (Å²) >= 11 is 3.50. The van der Waals surface area contributed by atoms with Gasteiger partial charge < -0.3 is 5.11 Å². The van der Waals surface area contributed by atoms with Crippen LogP contribution >= 0.6 is 15.9 Å². The molecule has 4 bridgehead atoms. The molecule has 4 saturated carbocycles. The van der Waals surface area contributed by atoms with E-state index in [0.29, 0.717) is 22.0 Å². The van der Waals surface area contributed by atoms with Crippen molar-refractivity contribution in [1.29, 1.82) is 0 Å². The number of hydrogen-bond donors (Lipinski definition) is 1. The van der Waals surface area contributed by atoms with Gasteiger partial charge in [-0.15, -0.1) is 0 Å². The lowest BCUT2D eigenvalue weighted by Gasteiger charge is -2.65. The van der Waals surface area contributed by atoms with Gasteiger partial charge in [0.15, 0.2) is 0 Å². The van der Waals surface area contributed by atoms with Crippen molar-refractivity contribution in [3.05, 3.63) is 28.2 Å². The summed E-state index contributed by atoms with van der Waals surface area (Å²) in [6.45, 7) is 5.03. The number of halogens is 1. The van der Waals surface area contributed by atoms with E-state index in [4.69, 9.17) is 0 Å². The van der Waals surface area contributed by atoms with E-state index in [2.05, 4.69) is 41.9 Å². The molecule has 1 aromatic carbocycles. The summed E-state index contributed by atoms with van der Waals surface area (Å²) in [5.41, 5.74) is 2.89. The molecule has 2 atom stereocenters. The van der Waals surface area contributed by atoms with E-state index < -0.39 is 0 Å². The molecule has 20 heavy (non-hydrogen) atoms. The topological polar surface area (TPSA) is 20.2 Å². The number of phenols is 1. The Labute approximate surface area is 129 Å². The Morgan fingerprint density at radius 2 is 1.70 bits per heavy atom. The average Bonchev–Trinajstić information content (AvgIpc) is 2.27.